The van der Waals surface area contributed by atoms with E-state index in [1.54, 1.807) is 24.3 Å². The first-order valence-corrected chi connectivity index (χ1v) is 12.8. The summed E-state index contributed by atoms with van der Waals surface area (Å²) in [5.41, 5.74) is 2.64. The van der Waals surface area contributed by atoms with Gasteiger partial charge in [0.15, 0.2) is 6.10 Å². The molecule has 35 heavy (non-hydrogen) atoms. The van der Waals surface area contributed by atoms with Crippen LogP contribution >= 0.6 is 8.03 Å². The Morgan fingerprint density at radius 3 is 2.14 bits per heavy atom. The van der Waals surface area contributed by atoms with Crippen molar-refractivity contribution in [2.45, 2.75) is 26.1 Å². The molecule has 7 nitrogen and oxygen atoms in total. The molecule has 8 heteroatoms. The molecule has 182 valence electrons. The summed E-state index contributed by atoms with van der Waals surface area (Å²) >= 11 is 0. The van der Waals surface area contributed by atoms with Gasteiger partial charge in [-0.2, -0.15) is 0 Å². The molecule has 3 aromatic carbocycles. The van der Waals surface area contributed by atoms with Crippen LogP contribution in [0.3, 0.4) is 0 Å². The van der Waals surface area contributed by atoms with Crippen LogP contribution in [-0.2, 0) is 36.4 Å². The van der Waals surface area contributed by atoms with Gasteiger partial charge in [0.2, 0.25) is 6.16 Å². The first-order valence-electron chi connectivity index (χ1n) is 11.4. The molecular weight excluding hydrogens is 465 g/mol. The number of ether oxygens (including phenoxy) is 2. The van der Waals surface area contributed by atoms with Crippen molar-refractivity contribution in [2.75, 3.05) is 24.7 Å². The van der Waals surface area contributed by atoms with E-state index in [0.717, 1.165) is 11.1 Å². The van der Waals surface area contributed by atoms with Crippen LogP contribution in [0.25, 0.3) is 0 Å². The van der Waals surface area contributed by atoms with E-state index in [1.165, 1.54) is 0 Å². The Balaban J connectivity index is 1.60. The Bertz CT molecular complexity index is 1090. The highest BCUT2D eigenvalue weighted by Crippen LogP contribution is 2.26. The van der Waals surface area contributed by atoms with E-state index < -0.39 is 26.0 Å². The van der Waals surface area contributed by atoms with Crippen molar-refractivity contribution in [3.63, 3.8) is 0 Å². The molecular formula is C27H29NO6P+. The van der Waals surface area contributed by atoms with Crippen LogP contribution in [-0.4, -0.2) is 37.4 Å². The van der Waals surface area contributed by atoms with Crippen LogP contribution in [0.5, 0.6) is 0 Å². The number of hydrogen-bond acceptors (Lipinski definition) is 6. The van der Waals surface area contributed by atoms with Crippen LogP contribution in [0, 0.1) is 0 Å². The summed E-state index contributed by atoms with van der Waals surface area (Å²) in [6, 6.07) is 25.2. The summed E-state index contributed by atoms with van der Waals surface area (Å²) in [6.45, 7) is 2.85. The van der Waals surface area contributed by atoms with Gasteiger partial charge in [-0.25, -0.2) is 4.79 Å². The molecule has 1 amide bonds. The number of rotatable bonds is 13. The molecule has 2 atom stereocenters. The van der Waals surface area contributed by atoms with E-state index in [4.69, 9.17) is 14.0 Å². The minimum Gasteiger partial charge on any atom is -0.457 e. The highest BCUT2D eigenvalue weighted by molar-refractivity contribution is 7.39. The fourth-order valence-corrected chi connectivity index (χ4v) is 4.04. The summed E-state index contributed by atoms with van der Waals surface area (Å²) in [5.74, 6) is -0.878. The Kier molecular flexibility index (Phi) is 10.6. The SMILES string of the molecule is CCOCC[P+](=O)O[C@@H](Cc1ccccc1)C(=O)Nc1ccc(C(=O)OCc2ccccc2)cc1. The molecule has 3 aromatic rings. The Labute approximate surface area is 206 Å². The second-order valence-electron chi connectivity index (χ2n) is 7.67. The summed E-state index contributed by atoms with van der Waals surface area (Å²) < 4.78 is 28.6. The average Bonchev–Trinajstić information content (AvgIpc) is 2.88. The zero-order chi connectivity index (χ0) is 24.9. The molecule has 0 aliphatic carbocycles. The molecule has 1 N–H and O–H groups in total. The van der Waals surface area contributed by atoms with E-state index in [-0.39, 0.29) is 19.2 Å². The van der Waals surface area contributed by atoms with Gasteiger partial charge in [-0.1, -0.05) is 60.7 Å². The Morgan fingerprint density at radius 1 is 0.886 bits per heavy atom. The second-order valence-corrected chi connectivity index (χ2v) is 8.99. The number of carbonyl (C=O) groups is 2. The molecule has 0 fully saturated rings. The average molecular weight is 495 g/mol. The smallest absolute Gasteiger partial charge is 0.457 e. The van der Waals surface area contributed by atoms with E-state index in [9.17, 15) is 14.2 Å². The second kappa shape index (κ2) is 14.1. The molecule has 0 bridgehead atoms. The fourth-order valence-electron chi connectivity index (χ4n) is 3.20. The Hall–Kier alpha value is -3.38. The van der Waals surface area contributed by atoms with Gasteiger partial charge in [0.05, 0.1) is 12.2 Å². The molecule has 1 unspecified atom stereocenters. The maximum Gasteiger partial charge on any atom is 0.511 e. The zero-order valence-electron chi connectivity index (χ0n) is 19.6. The number of anilines is 1. The lowest BCUT2D eigenvalue weighted by atomic mass is 10.1. The van der Waals surface area contributed by atoms with Gasteiger partial charge >= 0.3 is 14.0 Å². The minimum absolute atomic E-state index is 0.179. The molecule has 0 radical (unpaired) electrons. The zero-order valence-corrected chi connectivity index (χ0v) is 20.5. The van der Waals surface area contributed by atoms with Crippen molar-refractivity contribution in [3.05, 3.63) is 102 Å². The quantitative estimate of drug-likeness (QED) is 0.195. The maximum absolute atomic E-state index is 13.0. The van der Waals surface area contributed by atoms with Crippen LogP contribution in [0.2, 0.25) is 0 Å². The maximum atomic E-state index is 13.0. The van der Waals surface area contributed by atoms with Gasteiger partial charge in [0, 0.05) is 18.7 Å². The van der Waals surface area contributed by atoms with Crippen LogP contribution in [0.1, 0.15) is 28.4 Å². The molecule has 0 saturated heterocycles. The minimum atomic E-state index is -2.07. The highest BCUT2D eigenvalue weighted by Gasteiger charge is 2.31. The van der Waals surface area contributed by atoms with Gasteiger partial charge in [-0.3, -0.25) is 4.79 Å². The molecule has 0 spiro atoms. The molecule has 0 aromatic heterocycles. The number of nitrogens with one attached hydrogen (secondary N) is 1. The number of benzene rings is 3. The lowest BCUT2D eigenvalue weighted by Gasteiger charge is -2.13. The molecule has 0 aliphatic rings. The predicted molar refractivity (Wildman–Crippen MR) is 135 cm³/mol. The van der Waals surface area contributed by atoms with Crippen molar-refractivity contribution in [3.8, 4) is 0 Å². The summed E-state index contributed by atoms with van der Waals surface area (Å²) in [7, 11) is -2.07. The lowest BCUT2D eigenvalue weighted by Crippen LogP contribution is -2.31. The van der Waals surface area contributed by atoms with Crippen LogP contribution < -0.4 is 5.32 Å². The van der Waals surface area contributed by atoms with E-state index in [1.807, 2.05) is 67.6 Å². The third kappa shape index (κ3) is 9.06. The summed E-state index contributed by atoms with van der Waals surface area (Å²) in [4.78, 5) is 25.3. The Morgan fingerprint density at radius 2 is 1.51 bits per heavy atom. The third-order valence-electron chi connectivity index (χ3n) is 5.02. The van der Waals surface area contributed by atoms with Crippen molar-refractivity contribution in [1.82, 2.24) is 0 Å². The molecule has 0 saturated carbocycles. The molecule has 0 aliphatic heterocycles. The number of carbonyl (C=O) groups excluding carboxylic acids is 2. The van der Waals surface area contributed by atoms with E-state index in [2.05, 4.69) is 5.32 Å². The van der Waals surface area contributed by atoms with Gasteiger partial charge in [-0.05, 0) is 46.9 Å². The van der Waals surface area contributed by atoms with Crippen molar-refractivity contribution in [2.24, 2.45) is 0 Å². The number of hydrogen-bond donors (Lipinski definition) is 1. The predicted octanol–water partition coefficient (Wildman–Crippen LogP) is 5.39. The van der Waals surface area contributed by atoms with E-state index in [0.29, 0.717) is 24.5 Å². The summed E-state index contributed by atoms with van der Waals surface area (Å²) in [5, 5.41) is 2.78. The number of esters is 1. The monoisotopic (exact) mass is 494 g/mol. The largest absolute Gasteiger partial charge is 0.511 e. The summed E-state index contributed by atoms with van der Waals surface area (Å²) in [6.07, 6.45) is -0.466. The molecule has 3 rings (SSSR count). The first kappa shape index (κ1) is 26.2. The number of amides is 1. The van der Waals surface area contributed by atoms with Gasteiger partial charge in [0.25, 0.3) is 5.91 Å². The van der Waals surface area contributed by atoms with Crippen LogP contribution in [0.4, 0.5) is 5.69 Å². The van der Waals surface area contributed by atoms with Crippen LogP contribution in [0.15, 0.2) is 84.9 Å². The van der Waals surface area contributed by atoms with Gasteiger partial charge in [-0.15, -0.1) is 4.52 Å². The first-order chi connectivity index (χ1) is 17.0. The lowest BCUT2D eigenvalue weighted by molar-refractivity contribution is -0.122. The molecule has 0 heterocycles. The van der Waals surface area contributed by atoms with Crippen molar-refractivity contribution >= 4 is 25.6 Å². The van der Waals surface area contributed by atoms with Crippen molar-refractivity contribution < 1.29 is 28.2 Å². The van der Waals surface area contributed by atoms with Crippen molar-refractivity contribution in [1.29, 1.82) is 0 Å². The van der Waals surface area contributed by atoms with Gasteiger partial charge in [0.1, 0.15) is 6.61 Å². The third-order valence-corrected chi connectivity index (χ3v) is 6.06. The highest BCUT2D eigenvalue weighted by atomic mass is 31.1. The fraction of sp³-hybridized carbons (Fsp3) is 0.259. The standard InChI is InChI=1S/C27H28NO6P/c1-2-32-17-18-35(31)34-25(19-21-9-5-3-6-10-21)26(29)28-24-15-13-23(14-16-24)27(30)33-20-22-11-7-4-8-12-22/h3-16,25H,2,17-20H2,1H3/p+1/t25-/m0/s1. The van der Waals surface area contributed by atoms with Gasteiger partial charge < -0.3 is 14.8 Å². The normalized spacial score (nSPS) is 12.0. The van der Waals surface area contributed by atoms with E-state index >= 15 is 0 Å². The topological polar surface area (TPSA) is 90.9 Å².